The first-order chi connectivity index (χ1) is 9.93. The highest BCUT2D eigenvalue weighted by molar-refractivity contribution is 5.83. The van der Waals surface area contributed by atoms with Crippen LogP contribution in [0.25, 0.3) is 0 Å². The topological polar surface area (TPSA) is 133 Å². The molecule has 6 N–H and O–H groups in total. The van der Waals surface area contributed by atoms with Crippen LogP contribution >= 0.6 is 0 Å². The minimum atomic E-state index is -1.16. The lowest BCUT2D eigenvalue weighted by molar-refractivity contribution is -0.141. The molecule has 0 bridgehead atoms. The van der Waals surface area contributed by atoms with Gasteiger partial charge in [-0.15, -0.1) is 0 Å². The normalized spacial score (nSPS) is 11.9. The average Bonchev–Trinajstić information content (AvgIpc) is 2.42. The Morgan fingerprint density at radius 2 is 1.90 bits per heavy atom. The van der Waals surface area contributed by atoms with Gasteiger partial charge in [-0.1, -0.05) is 6.07 Å². The number of nitrogens with two attached hydrogens (primary N) is 1. The predicted molar refractivity (Wildman–Crippen MR) is 75.9 cm³/mol. The van der Waals surface area contributed by atoms with Crippen LogP contribution in [0.15, 0.2) is 18.2 Å². The van der Waals surface area contributed by atoms with Gasteiger partial charge in [0.1, 0.15) is 6.04 Å². The van der Waals surface area contributed by atoms with E-state index in [1.54, 1.807) is 0 Å². The Morgan fingerprint density at radius 1 is 1.19 bits per heavy atom. The van der Waals surface area contributed by atoms with Gasteiger partial charge in [0, 0.05) is 12.8 Å². The zero-order chi connectivity index (χ0) is 15.8. The molecular formula is C14H20N2O5. The summed E-state index contributed by atoms with van der Waals surface area (Å²) in [6.45, 7) is 0.489. The Labute approximate surface area is 122 Å². The van der Waals surface area contributed by atoms with Crippen molar-refractivity contribution in [2.75, 3.05) is 6.54 Å². The first-order valence-electron chi connectivity index (χ1n) is 6.67. The number of hydrogen-bond acceptors (Lipinski definition) is 5. The number of carbonyl (C=O) groups is 2. The van der Waals surface area contributed by atoms with Crippen molar-refractivity contribution in [2.45, 2.75) is 31.7 Å². The zero-order valence-corrected chi connectivity index (χ0v) is 11.6. The number of phenolic OH excluding ortho intramolecular Hbond substituents is 2. The molecule has 0 fully saturated rings. The molecule has 1 amide bonds. The second-order valence-corrected chi connectivity index (χ2v) is 4.73. The lowest BCUT2D eigenvalue weighted by Gasteiger charge is -2.15. The van der Waals surface area contributed by atoms with Crippen LogP contribution in [0, 0.1) is 0 Å². The molecule has 7 nitrogen and oxygen atoms in total. The van der Waals surface area contributed by atoms with Gasteiger partial charge >= 0.3 is 5.97 Å². The number of phenols is 2. The summed E-state index contributed by atoms with van der Waals surface area (Å²) < 4.78 is 0. The fourth-order valence-corrected chi connectivity index (χ4v) is 1.83. The number of rotatable bonds is 8. The van der Waals surface area contributed by atoms with Crippen molar-refractivity contribution in [3.8, 4) is 11.5 Å². The van der Waals surface area contributed by atoms with E-state index >= 15 is 0 Å². The van der Waals surface area contributed by atoms with E-state index in [1.807, 2.05) is 0 Å². The molecule has 116 valence electrons. The van der Waals surface area contributed by atoms with E-state index < -0.39 is 12.0 Å². The number of nitrogens with one attached hydrogen (secondary N) is 1. The number of carboxylic acids is 1. The first-order valence-corrected chi connectivity index (χ1v) is 6.67. The Kier molecular flexibility index (Phi) is 6.48. The molecule has 21 heavy (non-hydrogen) atoms. The van der Waals surface area contributed by atoms with Crippen LogP contribution in [0.3, 0.4) is 0 Å². The van der Waals surface area contributed by atoms with E-state index in [-0.39, 0.29) is 30.2 Å². The highest BCUT2D eigenvalue weighted by Gasteiger charge is 2.20. The molecule has 0 heterocycles. The molecule has 7 heteroatoms. The quantitative estimate of drug-likeness (QED) is 0.347. The highest BCUT2D eigenvalue weighted by Crippen LogP contribution is 2.25. The van der Waals surface area contributed by atoms with Gasteiger partial charge in [-0.25, -0.2) is 4.79 Å². The summed E-state index contributed by atoms with van der Waals surface area (Å²) in [7, 11) is 0. The van der Waals surface area contributed by atoms with E-state index in [4.69, 9.17) is 10.8 Å². The van der Waals surface area contributed by atoms with Crippen molar-refractivity contribution in [2.24, 2.45) is 5.73 Å². The molecule has 0 radical (unpaired) electrons. The molecule has 1 aromatic carbocycles. The highest BCUT2D eigenvalue weighted by atomic mass is 16.4. The SMILES string of the molecule is NCCCCC(=O)NC(Cc1ccc(O)c(O)c1)C(=O)O. The van der Waals surface area contributed by atoms with Gasteiger partial charge in [0.25, 0.3) is 0 Å². The van der Waals surface area contributed by atoms with Crippen LogP contribution in [0.5, 0.6) is 11.5 Å². The first kappa shape index (κ1) is 16.8. The van der Waals surface area contributed by atoms with Crippen LogP contribution in [0.4, 0.5) is 0 Å². The minimum absolute atomic E-state index is 0.0196. The van der Waals surface area contributed by atoms with Gasteiger partial charge in [-0.05, 0) is 37.1 Å². The number of unbranched alkanes of at least 4 members (excludes halogenated alkanes) is 1. The van der Waals surface area contributed by atoms with Crippen molar-refractivity contribution >= 4 is 11.9 Å². The summed E-state index contributed by atoms with van der Waals surface area (Å²) in [6.07, 6.45) is 1.55. The summed E-state index contributed by atoms with van der Waals surface area (Å²) in [5.41, 5.74) is 5.82. The molecule has 0 aliphatic heterocycles. The number of carbonyl (C=O) groups excluding carboxylic acids is 1. The average molecular weight is 296 g/mol. The molecule has 0 saturated heterocycles. The summed E-state index contributed by atoms with van der Waals surface area (Å²) in [5, 5.41) is 30.2. The molecule has 1 unspecified atom stereocenters. The number of aromatic hydroxyl groups is 2. The second kappa shape index (κ2) is 8.11. The number of hydrogen-bond donors (Lipinski definition) is 5. The van der Waals surface area contributed by atoms with Gasteiger partial charge in [0.2, 0.25) is 5.91 Å². The summed E-state index contributed by atoms with van der Waals surface area (Å²) >= 11 is 0. The van der Waals surface area contributed by atoms with E-state index in [9.17, 15) is 19.8 Å². The van der Waals surface area contributed by atoms with Crippen LogP contribution in [-0.4, -0.2) is 39.8 Å². The summed E-state index contributed by atoms with van der Waals surface area (Å²) in [6, 6.07) is 2.95. The smallest absolute Gasteiger partial charge is 0.326 e. The molecule has 1 atom stereocenters. The minimum Gasteiger partial charge on any atom is -0.504 e. The molecular weight excluding hydrogens is 276 g/mol. The largest absolute Gasteiger partial charge is 0.504 e. The molecule has 0 aliphatic rings. The van der Waals surface area contributed by atoms with Crippen molar-refractivity contribution < 1.29 is 24.9 Å². The Hall–Kier alpha value is -2.28. The van der Waals surface area contributed by atoms with E-state index in [0.717, 1.165) is 0 Å². The maximum absolute atomic E-state index is 11.6. The van der Waals surface area contributed by atoms with Gasteiger partial charge < -0.3 is 26.4 Å². The van der Waals surface area contributed by atoms with Crippen molar-refractivity contribution in [1.29, 1.82) is 0 Å². The third kappa shape index (κ3) is 5.70. The number of benzene rings is 1. The van der Waals surface area contributed by atoms with Gasteiger partial charge in [-0.2, -0.15) is 0 Å². The summed E-state index contributed by atoms with van der Waals surface area (Å²) in [5.74, 6) is -2.11. The predicted octanol–water partition coefficient (Wildman–Crippen LogP) is 0.339. The number of amides is 1. The molecule has 0 saturated carbocycles. The lowest BCUT2D eigenvalue weighted by Crippen LogP contribution is -2.42. The fraction of sp³-hybridized carbons (Fsp3) is 0.429. The maximum atomic E-state index is 11.6. The third-order valence-corrected chi connectivity index (χ3v) is 2.97. The molecule has 0 aliphatic carbocycles. The Balaban J connectivity index is 2.63. The van der Waals surface area contributed by atoms with Crippen LogP contribution in [-0.2, 0) is 16.0 Å². The summed E-state index contributed by atoms with van der Waals surface area (Å²) in [4.78, 5) is 22.8. The molecule has 0 aromatic heterocycles. The van der Waals surface area contributed by atoms with Crippen LogP contribution < -0.4 is 11.1 Å². The maximum Gasteiger partial charge on any atom is 0.326 e. The van der Waals surface area contributed by atoms with Crippen LogP contribution in [0.1, 0.15) is 24.8 Å². The fourth-order valence-electron chi connectivity index (χ4n) is 1.83. The molecule has 0 spiro atoms. The van der Waals surface area contributed by atoms with Gasteiger partial charge in [-0.3, -0.25) is 4.79 Å². The van der Waals surface area contributed by atoms with Crippen LogP contribution in [0.2, 0.25) is 0 Å². The Morgan fingerprint density at radius 3 is 2.48 bits per heavy atom. The zero-order valence-electron chi connectivity index (χ0n) is 11.6. The second-order valence-electron chi connectivity index (χ2n) is 4.73. The third-order valence-electron chi connectivity index (χ3n) is 2.97. The van der Waals surface area contributed by atoms with E-state index in [1.165, 1.54) is 18.2 Å². The van der Waals surface area contributed by atoms with Gasteiger partial charge in [0.15, 0.2) is 11.5 Å². The Bertz CT molecular complexity index is 504. The lowest BCUT2D eigenvalue weighted by atomic mass is 10.0. The van der Waals surface area contributed by atoms with E-state index in [0.29, 0.717) is 24.9 Å². The van der Waals surface area contributed by atoms with E-state index in [2.05, 4.69) is 5.32 Å². The number of carboxylic acid groups (broad SMARTS) is 1. The van der Waals surface area contributed by atoms with Gasteiger partial charge in [0.05, 0.1) is 0 Å². The standard InChI is InChI=1S/C14H20N2O5/c15-6-2-1-3-13(19)16-10(14(20)21)7-9-4-5-11(17)12(18)8-9/h4-5,8,10,17-18H,1-3,6-7,15H2,(H,16,19)(H,20,21). The van der Waals surface area contributed by atoms with Crippen molar-refractivity contribution in [3.05, 3.63) is 23.8 Å². The molecule has 1 aromatic rings. The monoisotopic (exact) mass is 296 g/mol. The van der Waals surface area contributed by atoms with Crippen molar-refractivity contribution in [1.82, 2.24) is 5.32 Å². The van der Waals surface area contributed by atoms with Crippen molar-refractivity contribution in [3.63, 3.8) is 0 Å². The number of aliphatic carboxylic acids is 1. The molecule has 1 rings (SSSR count).